The molecule has 4 heteroatoms. The van der Waals surface area contributed by atoms with Crippen LogP contribution in [-0.2, 0) is 0 Å². The largest absolute Gasteiger partial charge is 0.393 e. The summed E-state index contributed by atoms with van der Waals surface area (Å²) in [6, 6.07) is 0. The summed E-state index contributed by atoms with van der Waals surface area (Å²) in [6.07, 6.45) is 22.7. The van der Waals surface area contributed by atoms with Gasteiger partial charge < -0.3 is 5.11 Å². The summed E-state index contributed by atoms with van der Waals surface area (Å²) >= 11 is 0. The number of rotatable bonds is 3. The van der Waals surface area contributed by atoms with Crippen molar-refractivity contribution >= 4 is 0 Å². The second kappa shape index (κ2) is 9.54. The Bertz CT molecular complexity index is 490. The van der Waals surface area contributed by atoms with Crippen LogP contribution in [0.5, 0.6) is 0 Å². The standard InChI is InChI=1S/C25H45N3O/c29-21-16-15-17-9-7-8-14-20(17)22(21)25-27-23(18-10-3-1-4-11-18)26-24(28-25)19-12-5-2-6-13-19/h17-29H,1-16H2. The zero-order chi connectivity index (χ0) is 19.6. The first-order valence-corrected chi connectivity index (χ1v) is 13.3. The number of nitrogens with one attached hydrogen (secondary N) is 3. The van der Waals surface area contributed by atoms with Crippen LogP contribution in [0.25, 0.3) is 0 Å². The van der Waals surface area contributed by atoms with Crippen molar-refractivity contribution in [1.82, 2.24) is 16.0 Å². The van der Waals surface area contributed by atoms with Crippen LogP contribution in [0.4, 0.5) is 0 Å². The van der Waals surface area contributed by atoms with Gasteiger partial charge in [0.15, 0.2) is 0 Å². The van der Waals surface area contributed by atoms with Gasteiger partial charge in [-0.1, -0.05) is 57.8 Å². The normalized spacial score (nSPS) is 45.6. The quantitative estimate of drug-likeness (QED) is 0.561. The first-order valence-electron chi connectivity index (χ1n) is 13.3. The predicted octanol–water partition coefficient (Wildman–Crippen LogP) is 4.49. The van der Waals surface area contributed by atoms with Crippen LogP contribution in [-0.4, -0.2) is 29.7 Å². The van der Waals surface area contributed by atoms with E-state index in [-0.39, 0.29) is 12.3 Å². The van der Waals surface area contributed by atoms with Crippen LogP contribution in [0.1, 0.15) is 103 Å². The fourth-order valence-corrected chi connectivity index (χ4v) is 7.86. The third-order valence-electron chi connectivity index (χ3n) is 9.44. The van der Waals surface area contributed by atoms with Gasteiger partial charge in [0, 0.05) is 5.92 Å². The van der Waals surface area contributed by atoms with Gasteiger partial charge in [-0.05, 0) is 68.6 Å². The number of aliphatic hydroxyl groups excluding tert-OH is 1. The minimum absolute atomic E-state index is 0.128. The summed E-state index contributed by atoms with van der Waals surface area (Å²) in [6.45, 7) is 0. The van der Waals surface area contributed by atoms with E-state index in [2.05, 4.69) is 16.0 Å². The molecule has 5 rings (SSSR count). The highest BCUT2D eigenvalue weighted by molar-refractivity contribution is 5.00. The van der Waals surface area contributed by atoms with Crippen molar-refractivity contribution in [3.63, 3.8) is 0 Å². The summed E-state index contributed by atoms with van der Waals surface area (Å²) in [5.74, 6) is 3.50. The molecule has 4 aliphatic carbocycles. The van der Waals surface area contributed by atoms with E-state index in [0.29, 0.717) is 18.2 Å². The average molecular weight is 404 g/mol. The lowest BCUT2D eigenvalue weighted by molar-refractivity contribution is -0.0602. The van der Waals surface area contributed by atoms with E-state index < -0.39 is 0 Å². The second-order valence-corrected chi connectivity index (χ2v) is 11.2. The number of fused-ring (bicyclic) bond motifs is 1. The molecule has 0 spiro atoms. The van der Waals surface area contributed by atoms with Crippen molar-refractivity contribution in [2.45, 2.75) is 127 Å². The summed E-state index contributed by atoms with van der Waals surface area (Å²) in [5.41, 5.74) is 0. The molecule has 0 amide bonds. The molecule has 29 heavy (non-hydrogen) atoms. The van der Waals surface area contributed by atoms with Crippen LogP contribution in [0, 0.1) is 29.6 Å². The Morgan fingerprint density at radius 2 is 0.931 bits per heavy atom. The van der Waals surface area contributed by atoms with E-state index in [1.165, 1.54) is 96.3 Å². The minimum atomic E-state index is -0.128. The molecule has 0 aromatic carbocycles. The maximum absolute atomic E-state index is 11.2. The van der Waals surface area contributed by atoms with Crippen molar-refractivity contribution in [2.24, 2.45) is 29.6 Å². The Kier molecular flexibility index (Phi) is 6.82. The van der Waals surface area contributed by atoms with Gasteiger partial charge in [0.05, 0.1) is 24.6 Å². The minimum Gasteiger partial charge on any atom is -0.393 e. The third kappa shape index (κ3) is 4.56. The highest BCUT2D eigenvalue weighted by atomic mass is 16.3. The Balaban J connectivity index is 1.36. The highest BCUT2D eigenvalue weighted by Gasteiger charge is 2.47. The Morgan fingerprint density at radius 1 is 0.448 bits per heavy atom. The van der Waals surface area contributed by atoms with Crippen molar-refractivity contribution in [3.8, 4) is 0 Å². The lowest BCUT2D eigenvalue weighted by Gasteiger charge is -2.53. The fourth-order valence-electron chi connectivity index (χ4n) is 7.86. The maximum atomic E-state index is 11.2. The lowest BCUT2D eigenvalue weighted by Crippen LogP contribution is -2.74. The van der Waals surface area contributed by atoms with Gasteiger partial charge in [-0.15, -0.1) is 0 Å². The summed E-state index contributed by atoms with van der Waals surface area (Å²) in [4.78, 5) is 0. The molecule has 0 bridgehead atoms. The van der Waals surface area contributed by atoms with Gasteiger partial charge >= 0.3 is 0 Å². The predicted molar refractivity (Wildman–Crippen MR) is 118 cm³/mol. The van der Waals surface area contributed by atoms with Crippen LogP contribution < -0.4 is 16.0 Å². The molecule has 4 saturated carbocycles. The van der Waals surface area contributed by atoms with Crippen molar-refractivity contribution in [1.29, 1.82) is 0 Å². The number of aliphatic hydroxyl groups is 1. The monoisotopic (exact) mass is 403 g/mol. The molecule has 1 heterocycles. The number of hydrogen-bond donors (Lipinski definition) is 4. The number of hydrogen-bond acceptors (Lipinski definition) is 4. The summed E-state index contributed by atoms with van der Waals surface area (Å²) in [5, 5.41) is 23.3. The van der Waals surface area contributed by atoms with E-state index in [1.807, 2.05) is 0 Å². The maximum Gasteiger partial charge on any atom is 0.0652 e. The molecular formula is C25H45N3O. The molecule has 5 fully saturated rings. The fraction of sp³-hybridized carbons (Fsp3) is 1.00. The van der Waals surface area contributed by atoms with E-state index in [4.69, 9.17) is 0 Å². The van der Waals surface area contributed by atoms with Gasteiger partial charge in [0.25, 0.3) is 0 Å². The van der Waals surface area contributed by atoms with Crippen molar-refractivity contribution in [3.05, 3.63) is 0 Å². The Hall–Kier alpha value is -0.160. The molecular weight excluding hydrogens is 358 g/mol. The molecule has 0 radical (unpaired) electrons. The first kappa shape index (κ1) is 20.7. The lowest BCUT2D eigenvalue weighted by atomic mass is 9.63. The van der Waals surface area contributed by atoms with Crippen LogP contribution in [0.2, 0.25) is 0 Å². The Labute approximate surface area is 178 Å². The van der Waals surface area contributed by atoms with Gasteiger partial charge in [-0.3, -0.25) is 16.0 Å². The summed E-state index contributed by atoms with van der Waals surface area (Å²) in [7, 11) is 0. The first-order chi connectivity index (χ1) is 14.3. The highest BCUT2D eigenvalue weighted by Crippen LogP contribution is 2.45. The van der Waals surface area contributed by atoms with Gasteiger partial charge in [0.2, 0.25) is 0 Å². The van der Waals surface area contributed by atoms with E-state index in [1.54, 1.807) is 0 Å². The Morgan fingerprint density at radius 3 is 1.55 bits per heavy atom. The third-order valence-corrected chi connectivity index (χ3v) is 9.44. The van der Waals surface area contributed by atoms with Crippen LogP contribution in [0.3, 0.4) is 0 Å². The van der Waals surface area contributed by atoms with Crippen molar-refractivity contribution < 1.29 is 5.11 Å². The molecule has 0 aromatic rings. The molecule has 6 atom stereocenters. The molecule has 1 aliphatic heterocycles. The smallest absolute Gasteiger partial charge is 0.0652 e. The molecule has 1 saturated heterocycles. The van der Waals surface area contributed by atoms with Crippen LogP contribution >= 0.6 is 0 Å². The van der Waals surface area contributed by atoms with E-state index in [9.17, 15) is 5.11 Å². The second-order valence-electron chi connectivity index (χ2n) is 11.2. The van der Waals surface area contributed by atoms with Gasteiger partial charge in [-0.25, -0.2) is 0 Å². The van der Waals surface area contributed by atoms with Crippen LogP contribution in [0.15, 0.2) is 0 Å². The van der Waals surface area contributed by atoms with Crippen molar-refractivity contribution in [2.75, 3.05) is 0 Å². The molecule has 166 valence electrons. The zero-order valence-corrected chi connectivity index (χ0v) is 18.5. The molecule has 0 aromatic heterocycles. The molecule has 5 aliphatic rings. The van der Waals surface area contributed by atoms with E-state index >= 15 is 0 Å². The molecule has 4 N–H and O–H groups in total. The summed E-state index contributed by atoms with van der Waals surface area (Å²) < 4.78 is 0. The average Bonchev–Trinajstić information content (AvgIpc) is 2.80. The topological polar surface area (TPSA) is 56.3 Å². The molecule has 4 nitrogen and oxygen atoms in total. The molecule has 6 unspecified atom stereocenters. The van der Waals surface area contributed by atoms with Gasteiger partial charge in [0.1, 0.15) is 0 Å². The zero-order valence-electron chi connectivity index (χ0n) is 18.5. The SMILES string of the molecule is OC1CCC2CCCCC2C1C1NC(C2CCCCC2)NC(C2CCCCC2)N1. The van der Waals surface area contributed by atoms with Gasteiger partial charge in [-0.2, -0.15) is 0 Å². The van der Waals surface area contributed by atoms with E-state index in [0.717, 1.165) is 30.1 Å².